The second kappa shape index (κ2) is 4.52. The van der Waals surface area contributed by atoms with E-state index in [2.05, 4.69) is 37.8 Å². The van der Waals surface area contributed by atoms with E-state index in [9.17, 15) is 4.79 Å². The van der Waals surface area contributed by atoms with E-state index in [4.69, 9.17) is 0 Å². The van der Waals surface area contributed by atoms with E-state index in [0.717, 1.165) is 13.0 Å². The van der Waals surface area contributed by atoms with Gasteiger partial charge >= 0.3 is 0 Å². The number of likely N-dealkylation sites (tertiary alicyclic amines) is 1. The molecule has 0 spiro atoms. The molecule has 2 nitrogen and oxygen atoms in total. The summed E-state index contributed by atoms with van der Waals surface area (Å²) in [5.41, 5.74) is 1.33. The van der Waals surface area contributed by atoms with Crippen molar-refractivity contribution >= 4 is 5.91 Å². The number of nitrogens with zero attached hydrogens (tertiary/aromatic N) is 1. The van der Waals surface area contributed by atoms with E-state index < -0.39 is 0 Å². The highest BCUT2D eigenvalue weighted by molar-refractivity contribution is 5.87. The van der Waals surface area contributed by atoms with E-state index in [1.165, 1.54) is 11.6 Å². The number of rotatable bonds is 2. The molecule has 1 fully saturated rings. The predicted molar refractivity (Wildman–Crippen MR) is 65.2 cm³/mol. The number of hydrogen-bond donors (Lipinski definition) is 0. The van der Waals surface area contributed by atoms with Crippen LogP contribution in [0.5, 0.6) is 0 Å². The third kappa shape index (κ3) is 2.01. The van der Waals surface area contributed by atoms with Gasteiger partial charge in [-0.1, -0.05) is 36.9 Å². The Morgan fingerprint density at radius 1 is 1.44 bits per heavy atom. The lowest BCUT2D eigenvalue weighted by atomic mass is 9.97. The quantitative estimate of drug-likeness (QED) is 0.694. The summed E-state index contributed by atoms with van der Waals surface area (Å²) in [4.78, 5) is 13.5. The molecule has 0 saturated carbocycles. The molecule has 2 rings (SSSR count). The van der Waals surface area contributed by atoms with Gasteiger partial charge in [-0.25, -0.2) is 0 Å². The normalized spacial score (nSPS) is 24.4. The molecule has 1 saturated heterocycles. The van der Waals surface area contributed by atoms with E-state index in [-0.39, 0.29) is 5.91 Å². The summed E-state index contributed by atoms with van der Waals surface area (Å²) in [5.74, 6) is 0.519. The topological polar surface area (TPSA) is 20.3 Å². The summed E-state index contributed by atoms with van der Waals surface area (Å²) < 4.78 is 0. The van der Waals surface area contributed by atoms with E-state index >= 15 is 0 Å². The Hall–Kier alpha value is -1.57. The monoisotopic (exact) mass is 215 g/mol. The second-order valence-electron chi connectivity index (χ2n) is 4.39. The number of hydrogen-bond acceptors (Lipinski definition) is 1. The van der Waals surface area contributed by atoms with Crippen LogP contribution in [0.4, 0.5) is 0 Å². The molecule has 1 heterocycles. The van der Waals surface area contributed by atoms with Crippen LogP contribution in [0, 0.1) is 0 Å². The van der Waals surface area contributed by atoms with Crippen molar-refractivity contribution in [2.75, 3.05) is 6.54 Å². The van der Waals surface area contributed by atoms with E-state index in [0.29, 0.717) is 12.0 Å². The molecule has 84 valence electrons. The molecule has 0 aliphatic carbocycles. The van der Waals surface area contributed by atoms with Gasteiger partial charge in [-0.3, -0.25) is 4.79 Å². The summed E-state index contributed by atoms with van der Waals surface area (Å²) in [7, 11) is 0. The fourth-order valence-corrected chi connectivity index (χ4v) is 2.42. The van der Waals surface area contributed by atoms with Gasteiger partial charge in [0.2, 0.25) is 5.91 Å². The molecular formula is C14H17NO. The molecule has 2 atom stereocenters. The third-order valence-corrected chi connectivity index (χ3v) is 3.30. The van der Waals surface area contributed by atoms with Gasteiger partial charge < -0.3 is 4.90 Å². The van der Waals surface area contributed by atoms with Crippen molar-refractivity contribution < 1.29 is 4.79 Å². The minimum atomic E-state index is 0.0472. The van der Waals surface area contributed by atoms with E-state index in [1.807, 2.05) is 11.0 Å². The van der Waals surface area contributed by atoms with Crippen LogP contribution >= 0.6 is 0 Å². The van der Waals surface area contributed by atoms with Crippen LogP contribution in [-0.2, 0) is 4.79 Å². The van der Waals surface area contributed by atoms with Crippen LogP contribution in [-0.4, -0.2) is 23.4 Å². The fourth-order valence-electron chi connectivity index (χ4n) is 2.42. The molecule has 1 amide bonds. The summed E-state index contributed by atoms with van der Waals surface area (Å²) in [6, 6.07) is 10.7. The fraction of sp³-hybridized carbons (Fsp3) is 0.357. The Morgan fingerprint density at radius 3 is 2.75 bits per heavy atom. The maximum Gasteiger partial charge on any atom is 0.246 e. The van der Waals surface area contributed by atoms with Crippen LogP contribution in [0.1, 0.15) is 24.8 Å². The predicted octanol–water partition coefficient (Wildman–Crippen LogP) is 2.58. The van der Waals surface area contributed by atoms with E-state index in [1.54, 1.807) is 0 Å². The van der Waals surface area contributed by atoms with Crippen molar-refractivity contribution in [3.8, 4) is 0 Å². The molecule has 2 heteroatoms. The Labute approximate surface area is 96.6 Å². The molecule has 0 N–H and O–H groups in total. The molecule has 1 aliphatic rings. The molecule has 2 unspecified atom stereocenters. The number of benzene rings is 1. The van der Waals surface area contributed by atoms with Crippen LogP contribution in [0.3, 0.4) is 0 Å². The van der Waals surface area contributed by atoms with Crippen molar-refractivity contribution in [3.63, 3.8) is 0 Å². The minimum Gasteiger partial charge on any atom is -0.336 e. The van der Waals surface area contributed by atoms with Crippen LogP contribution < -0.4 is 0 Å². The first kappa shape index (κ1) is 10.9. The summed E-state index contributed by atoms with van der Waals surface area (Å²) in [6.45, 7) is 6.46. The highest BCUT2D eigenvalue weighted by Gasteiger charge is 2.31. The van der Waals surface area contributed by atoms with Gasteiger partial charge in [0.15, 0.2) is 0 Å². The van der Waals surface area contributed by atoms with Crippen molar-refractivity contribution in [2.24, 2.45) is 0 Å². The molecule has 0 bridgehead atoms. The van der Waals surface area contributed by atoms with Gasteiger partial charge in [0, 0.05) is 18.5 Å². The minimum absolute atomic E-state index is 0.0472. The summed E-state index contributed by atoms with van der Waals surface area (Å²) in [5, 5.41) is 0. The van der Waals surface area contributed by atoms with Gasteiger partial charge in [-0.05, 0) is 25.0 Å². The maximum absolute atomic E-state index is 11.6. The zero-order valence-electron chi connectivity index (χ0n) is 9.60. The highest BCUT2D eigenvalue weighted by Crippen LogP contribution is 2.31. The molecule has 0 radical (unpaired) electrons. The van der Waals surface area contributed by atoms with Crippen LogP contribution in [0.15, 0.2) is 43.0 Å². The highest BCUT2D eigenvalue weighted by atomic mass is 16.2. The molecular weight excluding hydrogens is 198 g/mol. The van der Waals surface area contributed by atoms with Gasteiger partial charge in [0.25, 0.3) is 0 Å². The lowest BCUT2D eigenvalue weighted by Gasteiger charge is -2.19. The van der Waals surface area contributed by atoms with Gasteiger partial charge in [0.05, 0.1) is 0 Å². The Balaban J connectivity index is 2.12. The van der Waals surface area contributed by atoms with Crippen molar-refractivity contribution in [3.05, 3.63) is 48.6 Å². The lowest BCUT2D eigenvalue weighted by Crippen LogP contribution is -2.32. The average Bonchev–Trinajstić information content (AvgIpc) is 2.71. The van der Waals surface area contributed by atoms with Crippen molar-refractivity contribution in [2.45, 2.75) is 25.3 Å². The molecule has 1 aromatic carbocycles. The third-order valence-electron chi connectivity index (χ3n) is 3.30. The standard InChI is InChI=1S/C14H17NO/c1-3-14(16)15-10-13(9-11(15)2)12-7-5-4-6-8-12/h3-8,11,13H,1,9-10H2,2H3. The van der Waals surface area contributed by atoms with Gasteiger partial charge in [-0.2, -0.15) is 0 Å². The molecule has 1 aromatic rings. The van der Waals surface area contributed by atoms with Gasteiger partial charge in [-0.15, -0.1) is 0 Å². The van der Waals surface area contributed by atoms with Crippen LogP contribution in [0.2, 0.25) is 0 Å². The zero-order chi connectivity index (χ0) is 11.5. The van der Waals surface area contributed by atoms with Crippen LogP contribution in [0.25, 0.3) is 0 Å². The van der Waals surface area contributed by atoms with Crippen molar-refractivity contribution in [1.82, 2.24) is 4.90 Å². The SMILES string of the molecule is C=CC(=O)N1CC(c2ccccc2)CC1C. The maximum atomic E-state index is 11.6. The first-order valence-electron chi connectivity index (χ1n) is 5.70. The zero-order valence-corrected chi connectivity index (χ0v) is 9.60. The number of amides is 1. The molecule has 0 aromatic heterocycles. The average molecular weight is 215 g/mol. The van der Waals surface area contributed by atoms with Crippen molar-refractivity contribution in [1.29, 1.82) is 0 Å². The molecule has 16 heavy (non-hydrogen) atoms. The Bertz CT molecular complexity index is 385. The second-order valence-corrected chi connectivity index (χ2v) is 4.39. The summed E-state index contributed by atoms with van der Waals surface area (Å²) >= 11 is 0. The summed E-state index contributed by atoms with van der Waals surface area (Å²) in [6.07, 6.45) is 2.45. The smallest absolute Gasteiger partial charge is 0.246 e. The lowest BCUT2D eigenvalue weighted by molar-refractivity contribution is -0.126. The largest absolute Gasteiger partial charge is 0.336 e. The Kier molecular flexibility index (Phi) is 3.09. The Morgan fingerprint density at radius 2 is 2.12 bits per heavy atom. The molecule has 1 aliphatic heterocycles. The first-order chi connectivity index (χ1) is 7.72. The first-order valence-corrected chi connectivity index (χ1v) is 5.70. The number of carbonyl (C=O) groups is 1. The van der Waals surface area contributed by atoms with Gasteiger partial charge in [0.1, 0.15) is 0 Å². The number of carbonyl (C=O) groups excluding carboxylic acids is 1.